The van der Waals surface area contributed by atoms with Crippen molar-refractivity contribution in [2.45, 2.75) is 20.8 Å². The van der Waals surface area contributed by atoms with Gasteiger partial charge in [-0.15, -0.1) is 0 Å². The van der Waals surface area contributed by atoms with Crippen LogP contribution in [-0.2, 0) is 0 Å². The molecule has 0 N–H and O–H groups in total. The van der Waals surface area contributed by atoms with Crippen LogP contribution in [0.5, 0.6) is 5.75 Å². The molecule has 0 bridgehead atoms. The van der Waals surface area contributed by atoms with Crippen molar-refractivity contribution < 1.29 is 9.53 Å². The largest absolute Gasteiger partial charge is 0.496 e. The van der Waals surface area contributed by atoms with Crippen molar-refractivity contribution in [3.63, 3.8) is 0 Å². The molecule has 6 heteroatoms. The lowest BCUT2D eigenvalue weighted by Gasteiger charge is -2.37. The first-order chi connectivity index (χ1) is 13.5. The molecule has 28 heavy (non-hydrogen) atoms. The number of aromatic nitrogens is 1. The molecule has 1 aliphatic heterocycles. The van der Waals surface area contributed by atoms with Gasteiger partial charge in [-0.2, -0.15) is 0 Å². The molecule has 0 aliphatic carbocycles. The second-order valence-corrected chi connectivity index (χ2v) is 7.28. The Morgan fingerprint density at radius 1 is 1.18 bits per heavy atom. The summed E-state index contributed by atoms with van der Waals surface area (Å²) in [7, 11) is 3.74. The molecule has 1 aromatic carbocycles. The molecule has 0 spiro atoms. The number of piperazine rings is 1. The van der Waals surface area contributed by atoms with Gasteiger partial charge in [0.1, 0.15) is 5.75 Å². The zero-order valence-electron chi connectivity index (χ0n) is 17.5. The monoisotopic (exact) mass is 382 g/mol. The van der Waals surface area contributed by atoms with Crippen molar-refractivity contribution in [2.75, 3.05) is 56.7 Å². The highest BCUT2D eigenvalue weighted by Gasteiger charge is 2.25. The van der Waals surface area contributed by atoms with Gasteiger partial charge in [0.25, 0.3) is 5.91 Å². The summed E-state index contributed by atoms with van der Waals surface area (Å²) in [4.78, 5) is 24.0. The van der Waals surface area contributed by atoms with E-state index in [-0.39, 0.29) is 5.91 Å². The van der Waals surface area contributed by atoms with Crippen molar-refractivity contribution in [2.24, 2.45) is 0 Å². The maximum absolute atomic E-state index is 13.0. The molecule has 150 valence electrons. The number of amides is 1. The molecule has 2 aromatic rings. The van der Waals surface area contributed by atoms with Gasteiger partial charge in [0.05, 0.1) is 12.8 Å². The van der Waals surface area contributed by atoms with E-state index in [1.54, 1.807) is 7.11 Å². The Bertz CT molecular complexity index is 821. The van der Waals surface area contributed by atoms with Gasteiger partial charge in [0.2, 0.25) is 0 Å². The van der Waals surface area contributed by atoms with E-state index < -0.39 is 0 Å². The average Bonchev–Trinajstić information content (AvgIpc) is 2.72. The summed E-state index contributed by atoms with van der Waals surface area (Å²) in [6.07, 6.45) is 1.84. The number of hydrogen-bond donors (Lipinski definition) is 0. The summed E-state index contributed by atoms with van der Waals surface area (Å²) in [6, 6.07) is 7.92. The number of methoxy groups -OCH3 is 1. The predicted molar refractivity (Wildman–Crippen MR) is 114 cm³/mol. The maximum atomic E-state index is 13.0. The van der Waals surface area contributed by atoms with Gasteiger partial charge >= 0.3 is 0 Å². The zero-order chi connectivity index (χ0) is 20.3. The summed E-state index contributed by atoms with van der Waals surface area (Å²) in [5.41, 5.74) is 3.84. The topological polar surface area (TPSA) is 48.9 Å². The third-order valence-corrected chi connectivity index (χ3v) is 5.43. The number of carbonyl (C=O) groups excluding carboxylic acids is 1. The number of nitrogens with zero attached hydrogens (tertiary/aromatic N) is 4. The highest BCUT2D eigenvalue weighted by Crippen LogP contribution is 2.28. The fourth-order valence-electron chi connectivity index (χ4n) is 3.80. The van der Waals surface area contributed by atoms with Crippen LogP contribution < -0.4 is 14.5 Å². The molecule has 1 aliphatic rings. The SMILES string of the molecule is CCN(C)c1cccnc1N1CCN(C(=O)c2cc(C)c(OC)c(C)c2)CC1. The first-order valence-corrected chi connectivity index (χ1v) is 9.81. The Morgan fingerprint density at radius 2 is 1.82 bits per heavy atom. The number of aryl methyl sites for hydroxylation is 2. The van der Waals surface area contributed by atoms with Crippen LogP contribution in [0.25, 0.3) is 0 Å². The van der Waals surface area contributed by atoms with E-state index in [2.05, 4.69) is 34.8 Å². The van der Waals surface area contributed by atoms with Crippen LogP contribution >= 0.6 is 0 Å². The Balaban J connectivity index is 1.72. The number of benzene rings is 1. The number of ether oxygens (including phenoxy) is 1. The molecule has 0 saturated carbocycles. The van der Waals surface area contributed by atoms with E-state index >= 15 is 0 Å². The van der Waals surface area contributed by atoms with Crippen molar-refractivity contribution >= 4 is 17.4 Å². The number of carbonyl (C=O) groups is 1. The van der Waals surface area contributed by atoms with Crippen molar-refractivity contribution in [1.82, 2.24) is 9.88 Å². The lowest BCUT2D eigenvalue weighted by atomic mass is 10.0. The van der Waals surface area contributed by atoms with Crippen LogP contribution in [0.2, 0.25) is 0 Å². The smallest absolute Gasteiger partial charge is 0.253 e. The molecule has 1 fully saturated rings. The van der Waals surface area contributed by atoms with Crippen LogP contribution in [0.15, 0.2) is 30.5 Å². The maximum Gasteiger partial charge on any atom is 0.253 e. The fraction of sp³-hybridized carbons (Fsp3) is 0.455. The highest BCUT2D eigenvalue weighted by atomic mass is 16.5. The van der Waals surface area contributed by atoms with Crippen LogP contribution in [0, 0.1) is 13.8 Å². The quantitative estimate of drug-likeness (QED) is 0.795. The molecule has 0 unspecified atom stereocenters. The molecule has 0 atom stereocenters. The van der Waals surface area contributed by atoms with Crippen LogP contribution in [-0.4, -0.2) is 62.7 Å². The average molecular weight is 383 g/mol. The molecule has 1 saturated heterocycles. The van der Waals surface area contributed by atoms with E-state index in [9.17, 15) is 4.79 Å². The van der Waals surface area contributed by atoms with E-state index in [1.165, 1.54) is 0 Å². The molecule has 3 rings (SSSR count). The molecule has 1 amide bonds. The summed E-state index contributed by atoms with van der Waals surface area (Å²) in [5, 5.41) is 0. The highest BCUT2D eigenvalue weighted by molar-refractivity contribution is 5.95. The van der Waals surface area contributed by atoms with Crippen molar-refractivity contribution in [3.05, 3.63) is 47.2 Å². The van der Waals surface area contributed by atoms with Crippen molar-refractivity contribution in [3.8, 4) is 5.75 Å². The standard InChI is InChI=1S/C22H30N4O2/c1-6-24(4)19-8-7-9-23-21(19)25-10-12-26(13-11-25)22(27)18-14-16(2)20(28-5)17(3)15-18/h7-9,14-15H,6,10-13H2,1-5H3. The predicted octanol–water partition coefficient (Wildman–Crippen LogP) is 3.13. The van der Waals surface area contributed by atoms with Gasteiger partial charge in [-0.1, -0.05) is 0 Å². The molecule has 0 radical (unpaired) electrons. The van der Waals surface area contributed by atoms with Gasteiger partial charge < -0.3 is 19.4 Å². The van der Waals surface area contributed by atoms with Crippen molar-refractivity contribution in [1.29, 1.82) is 0 Å². The zero-order valence-corrected chi connectivity index (χ0v) is 17.5. The number of hydrogen-bond acceptors (Lipinski definition) is 5. The number of rotatable bonds is 5. The molecular formula is C22H30N4O2. The number of pyridine rings is 1. The first kappa shape index (κ1) is 20.0. The summed E-state index contributed by atoms with van der Waals surface area (Å²) in [5.74, 6) is 1.93. The van der Waals surface area contributed by atoms with Crippen LogP contribution in [0.3, 0.4) is 0 Å². The van der Waals surface area contributed by atoms with Crippen LogP contribution in [0.1, 0.15) is 28.4 Å². The van der Waals surface area contributed by atoms with Gasteiger partial charge in [-0.25, -0.2) is 4.98 Å². The summed E-state index contributed by atoms with van der Waals surface area (Å²) in [6.45, 7) is 9.95. The second-order valence-electron chi connectivity index (χ2n) is 7.28. The molecular weight excluding hydrogens is 352 g/mol. The Hall–Kier alpha value is -2.76. The van der Waals surface area contributed by atoms with Gasteiger partial charge in [0.15, 0.2) is 5.82 Å². The summed E-state index contributed by atoms with van der Waals surface area (Å²) >= 11 is 0. The van der Waals surface area contributed by atoms with E-state index in [1.807, 2.05) is 43.1 Å². The van der Waals surface area contributed by atoms with Gasteiger partial charge in [0, 0.05) is 51.5 Å². The lowest BCUT2D eigenvalue weighted by molar-refractivity contribution is 0.0746. The minimum atomic E-state index is 0.0837. The normalized spacial score (nSPS) is 14.2. The number of anilines is 2. The Morgan fingerprint density at radius 3 is 2.39 bits per heavy atom. The van der Waals surface area contributed by atoms with Crippen LogP contribution in [0.4, 0.5) is 11.5 Å². The fourth-order valence-corrected chi connectivity index (χ4v) is 3.80. The van der Waals surface area contributed by atoms with E-state index in [0.29, 0.717) is 13.1 Å². The summed E-state index contributed by atoms with van der Waals surface area (Å²) < 4.78 is 5.42. The lowest BCUT2D eigenvalue weighted by Crippen LogP contribution is -2.49. The minimum absolute atomic E-state index is 0.0837. The second kappa shape index (κ2) is 8.50. The molecule has 1 aromatic heterocycles. The third-order valence-electron chi connectivity index (χ3n) is 5.43. The van der Waals surface area contributed by atoms with E-state index in [0.717, 1.165) is 53.6 Å². The minimum Gasteiger partial charge on any atom is -0.496 e. The Labute approximate surface area is 167 Å². The Kier molecular flexibility index (Phi) is 6.07. The first-order valence-electron chi connectivity index (χ1n) is 9.81. The van der Waals surface area contributed by atoms with Gasteiger partial charge in [-0.3, -0.25) is 4.79 Å². The van der Waals surface area contributed by atoms with E-state index in [4.69, 9.17) is 4.74 Å². The van der Waals surface area contributed by atoms with Gasteiger partial charge in [-0.05, 0) is 56.2 Å². The molecule has 6 nitrogen and oxygen atoms in total. The molecule has 2 heterocycles. The third kappa shape index (κ3) is 3.91.